The number of hydrogen-bond donors (Lipinski definition) is 2. The Labute approximate surface area is 310 Å². The van der Waals surface area contributed by atoms with Crippen LogP contribution in [-0.4, -0.2) is 89.0 Å². The van der Waals surface area contributed by atoms with Crippen LogP contribution in [0, 0.1) is 17.8 Å². The Hall–Kier alpha value is -4.10. The van der Waals surface area contributed by atoms with Crippen LogP contribution in [0.2, 0.25) is 0 Å². The van der Waals surface area contributed by atoms with Gasteiger partial charge in [-0.15, -0.1) is 0 Å². The minimum atomic E-state index is -2.22. The summed E-state index contributed by atoms with van der Waals surface area (Å²) in [5, 5.41) is 27.3. The van der Waals surface area contributed by atoms with Crippen LogP contribution in [0.15, 0.2) is 82.6 Å². The number of aliphatic hydroxyl groups is 2. The second-order valence-corrected chi connectivity index (χ2v) is 15.0. The van der Waals surface area contributed by atoms with Crippen molar-refractivity contribution in [2.75, 3.05) is 7.11 Å². The molecule has 1 spiro atoms. The molecule has 12 nitrogen and oxygen atoms in total. The highest BCUT2D eigenvalue weighted by Gasteiger charge is 2.64. The lowest BCUT2D eigenvalue weighted by Crippen LogP contribution is -2.58. The number of fused-ring (bicyclic) bond motifs is 2. The summed E-state index contributed by atoms with van der Waals surface area (Å²) in [6.45, 7) is 9.57. The summed E-state index contributed by atoms with van der Waals surface area (Å²) in [7, 11) is 1.35. The third kappa shape index (κ3) is 7.64. The number of carbonyl (C=O) groups excluding carboxylic acids is 3. The highest BCUT2D eigenvalue weighted by atomic mass is 16.7. The molecule has 0 amide bonds. The SMILES string of the molecule is CCC1OC2(CC[C@@H]1C)CC1CC(C/C=C(\C)C(OC(=O)/C(=N/OC)c3ccccc3)[C@@H](C)/C=C/C=C3\C(=O)OC4[C@H](O)C(C)=CC(C(=O)O1)[C@]34O)O2. The highest BCUT2D eigenvalue weighted by Crippen LogP contribution is 2.48. The summed E-state index contributed by atoms with van der Waals surface area (Å²) >= 11 is 0. The van der Waals surface area contributed by atoms with Gasteiger partial charge >= 0.3 is 17.9 Å². The summed E-state index contributed by atoms with van der Waals surface area (Å²) in [6.07, 6.45) is 6.73. The van der Waals surface area contributed by atoms with Crippen LogP contribution in [-0.2, 0) is 42.9 Å². The number of rotatable bonds is 5. The Morgan fingerprint density at radius 1 is 1.06 bits per heavy atom. The lowest BCUT2D eigenvalue weighted by molar-refractivity contribution is -0.335. The van der Waals surface area contributed by atoms with E-state index in [1.807, 2.05) is 26.0 Å². The Bertz CT molecular complexity index is 1710. The normalized spacial score (nSPS) is 40.3. The molecular weight excluding hydrogens is 682 g/mol. The fourth-order valence-corrected chi connectivity index (χ4v) is 8.36. The van der Waals surface area contributed by atoms with Crippen molar-refractivity contribution in [3.63, 3.8) is 0 Å². The minimum Gasteiger partial charge on any atom is -0.462 e. The second kappa shape index (κ2) is 15.7. The smallest absolute Gasteiger partial charge is 0.361 e. The first kappa shape index (κ1) is 38.6. The summed E-state index contributed by atoms with van der Waals surface area (Å²) < 4.78 is 31.4. The van der Waals surface area contributed by atoms with Crippen LogP contribution in [0.3, 0.4) is 0 Å². The van der Waals surface area contributed by atoms with Crippen LogP contribution in [0.1, 0.15) is 78.7 Å². The third-order valence-electron chi connectivity index (χ3n) is 11.3. The molecule has 6 rings (SSSR count). The van der Waals surface area contributed by atoms with E-state index in [-0.39, 0.29) is 17.4 Å². The number of oxime groups is 1. The Morgan fingerprint density at radius 2 is 1.81 bits per heavy atom. The number of aliphatic hydroxyl groups excluding tert-OH is 1. The van der Waals surface area contributed by atoms with Gasteiger partial charge in [0.2, 0.25) is 0 Å². The maximum absolute atomic E-state index is 14.1. The number of esters is 3. The first-order valence-electron chi connectivity index (χ1n) is 18.6. The van der Waals surface area contributed by atoms with E-state index in [9.17, 15) is 24.6 Å². The average Bonchev–Trinajstić information content (AvgIpc) is 3.40. The fourth-order valence-electron chi connectivity index (χ4n) is 8.36. The molecule has 12 heteroatoms. The zero-order chi connectivity index (χ0) is 38.1. The largest absolute Gasteiger partial charge is 0.462 e. The zero-order valence-electron chi connectivity index (χ0n) is 31.2. The number of benzene rings is 1. The summed E-state index contributed by atoms with van der Waals surface area (Å²) in [4.78, 5) is 46.2. The molecule has 5 aliphatic rings. The Kier molecular flexibility index (Phi) is 11.4. The van der Waals surface area contributed by atoms with Gasteiger partial charge in [0.25, 0.3) is 0 Å². The van der Waals surface area contributed by atoms with Gasteiger partial charge in [0.1, 0.15) is 31.3 Å². The van der Waals surface area contributed by atoms with E-state index in [4.69, 9.17) is 28.5 Å². The van der Waals surface area contributed by atoms with Gasteiger partial charge in [-0.1, -0.05) is 80.6 Å². The molecule has 4 heterocycles. The number of hydrogen-bond acceptors (Lipinski definition) is 12. The van der Waals surface area contributed by atoms with Crippen molar-refractivity contribution in [1.82, 2.24) is 0 Å². The summed E-state index contributed by atoms with van der Waals surface area (Å²) in [6, 6.07) is 8.86. The molecule has 1 aliphatic carbocycles. The van der Waals surface area contributed by atoms with Crippen LogP contribution in [0.5, 0.6) is 0 Å². The minimum absolute atomic E-state index is 0.00471. The Balaban J connectivity index is 1.41. The van der Waals surface area contributed by atoms with E-state index < -0.39 is 71.7 Å². The van der Waals surface area contributed by atoms with E-state index in [0.717, 1.165) is 18.4 Å². The van der Waals surface area contributed by atoms with E-state index in [1.165, 1.54) is 19.3 Å². The lowest BCUT2D eigenvalue weighted by Gasteiger charge is -2.49. The van der Waals surface area contributed by atoms with Gasteiger partial charge < -0.3 is 38.7 Å². The first-order valence-corrected chi connectivity index (χ1v) is 18.6. The molecule has 4 aliphatic heterocycles. The molecule has 3 saturated heterocycles. The van der Waals surface area contributed by atoms with Crippen LogP contribution < -0.4 is 0 Å². The fraction of sp³-hybridized carbons (Fsp3) is 0.561. The monoisotopic (exact) mass is 733 g/mol. The van der Waals surface area contributed by atoms with Crippen molar-refractivity contribution in [3.05, 3.63) is 83.0 Å². The molecule has 1 aromatic rings. The maximum Gasteiger partial charge on any atom is 0.361 e. The Morgan fingerprint density at radius 3 is 2.53 bits per heavy atom. The molecule has 1 aromatic carbocycles. The predicted octanol–water partition coefficient (Wildman–Crippen LogP) is 5.02. The third-order valence-corrected chi connectivity index (χ3v) is 11.3. The van der Waals surface area contributed by atoms with E-state index >= 15 is 0 Å². The van der Waals surface area contributed by atoms with E-state index in [0.29, 0.717) is 42.7 Å². The molecule has 11 atom stereocenters. The van der Waals surface area contributed by atoms with Crippen LogP contribution in [0.4, 0.5) is 0 Å². The van der Waals surface area contributed by atoms with Crippen molar-refractivity contribution < 1.29 is 53.1 Å². The van der Waals surface area contributed by atoms with E-state index in [2.05, 4.69) is 19.0 Å². The zero-order valence-corrected chi connectivity index (χ0v) is 31.2. The molecule has 7 unspecified atom stereocenters. The number of ether oxygens (including phenoxy) is 5. The summed E-state index contributed by atoms with van der Waals surface area (Å²) in [5.41, 5.74) is -0.784. The quantitative estimate of drug-likeness (QED) is 0.138. The topological polar surface area (TPSA) is 159 Å². The molecule has 53 heavy (non-hydrogen) atoms. The maximum atomic E-state index is 14.1. The van der Waals surface area contributed by atoms with Crippen molar-refractivity contribution in [1.29, 1.82) is 0 Å². The first-order chi connectivity index (χ1) is 25.3. The van der Waals surface area contributed by atoms with Gasteiger partial charge in [-0.2, -0.15) is 0 Å². The van der Waals surface area contributed by atoms with Gasteiger partial charge in [-0.05, 0) is 56.3 Å². The summed E-state index contributed by atoms with van der Waals surface area (Å²) in [5.74, 6) is -4.76. The molecular formula is C41H51NO11. The van der Waals surface area contributed by atoms with Crippen molar-refractivity contribution in [2.45, 2.75) is 121 Å². The molecule has 2 bridgehead atoms. The molecule has 0 saturated carbocycles. The van der Waals surface area contributed by atoms with Crippen molar-refractivity contribution >= 4 is 23.6 Å². The number of allylic oxidation sites excluding steroid dienone is 2. The van der Waals surface area contributed by atoms with Gasteiger partial charge in [-0.3, -0.25) is 4.79 Å². The molecule has 3 fully saturated rings. The molecule has 0 aromatic heterocycles. The second-order valence-electron chi connectivity index (χ2n) is 15.0. The highest BCUT2D eigenvalue weighted by molar-refractivity contribution is 6.43. The van der Waals surface area contributed by atoms with Gasteiger partial charge in [-0.25, -0.2) is 9.59 Å². The van der Waals surface area contributed by atoms with Gasteiger partial charge in [0, 0.05) is 30.7 Å². The van der Waals surface area contributed by atoms with Crippen molar-refractivity contribution in [2.24, 2.45) is 22.9 Å². The number of carbonyl (C=O) groups is 3. The standard InChI is InChI=1S/C41H51NO11/c1-7-32-23(2)18-19-40(53-32)22-29-21-28(52-40)17-16-25(4)35(50-39(46)33(42-48-6)27-13-9-8-10-14-27)24(3)12-11-15-30-37(44)51-36-34(43)26(5)20-31(38(45)49-29)41(30,36)47/h8-16,20,23-24,28-29,31-32,34-36,43,47H,7,17-19,21-22H2,1-6H3/b12-11+,25-16+,30-15+,42-33+/t23-,24-,28?,29?,31?,32?,34+,35?,36?,40?,41+/m0/s1. The molecule has 286 valence electrons. The molecule has 0 radical (unpaired) electrons. The number of nitrogens with zero attached hydrogens (tertiary/aromatic N) is 1. The predicted molar refractivity (Wildman–Crippen MR) is 193 cm³/mol. The van der Waals surface area contributed by atoms with Gasteiger partial charge in [0.15, 0.2) is 23.2 Å². The lowest BCUT2D eigenvalue weighted by atomic mass is 9.70. The average molecular weight is 734 g/mol. The van der Waals surface area contributed by atoms with Gasteiger partial charge in [0.05, 0.1) is 17.8 Å². The van der Waals surface area contributed by atoms with Crippen LogP contribution >= 0.6 is 0 Å². The van der Waals surface area contributed by atoms with Crippen LogP contribution in [0.25, 0.3) is 0 Å². The van der Waals surface area contributed by atoms with E-state index in [1.54, 1.807) is 43.3 Å². The van der Waals surface area contributed by atoms with Crippen molar-refractivity contribution in [3.8, 4) is 0 Å². The molecule has 2 N–H and O–H groups in total.